The highest BCUT2D eigenvalue weighted by atomic mass is 79.9. The van der Waals surface area contributed by atoms with Gasteiger partial charge in [-0.25, -0.2) is 9.78 Å². The molecule has 6 rings (SSSR count). The third kappa shape index (κ3) is 6.75. The van der Waals surface area contributed by atoms with Gasteiger partial charge in [0.25, 0.3) is 0 Å². The van der Waals surface area contributed by atoms with Crippen molar-refractivity contribution in [1.82, 2.24) is 4.98 Å². The van der Waals surface area contributed by atoms with Crippen LogP contribution in [0.4, 0.5) is 0 Å². The summed E-state index contributed by atoms with van der Waals surface area (Å²) in [5.74, 6) is 1.16. The normalized spacial score (nSPS) is 11.3. The van der Waals surface area contributed by atoms with Crippen molar-refractivity contribution in [3.05, 3.63) is 145 Å². The van der Waals surface area contributed by atoms with Gasteiger partial charge in [0.15, 0.2) is 11.5 Å². The molecular formula is C35H23BrN2O4S. The second kappa shape index (κ2) is 12.9. The van der Waals surface area contributed by atoms with Crippen LogP contribution in [0.25, 0.3) is 33.9 Å². The SMILES string of the molecule is N#CC(=Cc1ccc(OCc2ccccc2)c(OCc2ccccc2)c1)c1nc(-c2cc3cc(Br)ccc3oc2=O)cs1. The van der Waals surface area contributed by atoms with E-state index in [9.17, 15) is 10.1 Å². The minimum atomic E-state index is -0.486. The highest BCUT2D eigenvalue weighted by molar-refractivity contribution is 9.10. The molecule has 0 amide bonds. The van der Waals surface area contributed by atoms with Gasteiger partial charge in [0, 0.05) is 15.2 Å². The summed E-state index contributed by atoms with van der Waals surface area (Å²) in [6.07, 6.45) is 1.75. The molecule has 8 heteroatoms. The predicted octanol–water partition coefficient (Wildman–Crippen LogP) is 8.90. The zero-order valence-corrected chi connectivity index (χ0v) is 25.1. The Kier molecular flexibility index (Phi) is 8.45. The molecule has 0 spiro atoms. The van der Waals surface area contributed by atoms with Gasteiger partial charge in [0.2, 0.25) is 0 Å². The van der Waals surface area contributed by atoms with Crippen LogP contribution in [0.1, 0.15) is 21.7 Å². The van der Waals surface area contributed by atoms with Gasteiger partial charge in [-0.05, 0) is 59.2 Å². The van der Waals surface area contributed by atoms with E-state index in [1.165, 1.54) is 11.3 Å². The number of aromatic nitrogens is 1. The number of allylic oxidation sites excluding steroid dienone is 1. The molecule has 2 heterocycles. The van der Waals surface area contributed by atoms with Crippen LogP contribution in [0.15, 0.2) is 122 Å². The van der Waals surface area contributed by atoms with Crippen molar-refractivity contribution >= 4 is 49.9 Å². The lowest BCUT2D eigenvalue weighted by atomic mass is 10.1. The maximum atomic E-state index is 12.7. The number of halogens is 1. The number of benzene rings is 4. The van der Waals surface area contributed by atoms with E-state index in [4.69, 9.17) is 13.9 Å². The molecule has 0 fully saturated rings. The number of nitriles is 1. The number of rotatable bonds is 9. The van der Waals surface area contributed by atoms with E-state index in [2.05, 4.69) is 27.0 Å². The van der Waals surface area contributed by atoms with E-state index in [1.54, 1.807) is 23.6 Å². The van der Waals surface area contributed by atoms with Crippen LogP contribution in [-0.2, 0) is 13.2 Å². The van der Waals surface area contributed by atoms with Gasteiger partial charge in [-0.3, -0.25) is 0 Å². The first-order valence-corrected chi connectivity index (χ1v) is 15.0. The fraction of sp³-hybridized carbons (Fsp3) is 0.0571. The summed E-state index contributed by atoms with van der Waals surface area (Å²) in [7, 11) is 0. The van der Waals surface area contributed by atoms with Crippen LogP contribution in [0, 0.1) is 11.3 Å². The molecule has 210 valence electrons. The third-order valence-corrected chi connectivity index (χ3v) is 7.95. The van der Waals surface area contributed by atoms with Gasteiger partial charge in [-0.2, -0.15) is 5.26 Å². The third-order valence-electron chi connectivity index (χ3n) is 6.58. The minimum Gasteiger partial charge on any atom is -0.485 e. The smallest absolute Gasteiger partial charge is 0.345 e. The molecule has 0 N–H and O–H groups in total. The summed E-state index contributed by atoms with van der Waals surface area (Å²) >= 11 is 4.74. The molecule has 43 heavy (non-hydrogen) atoms. The molecule has 0 aliphatic rings. The van der Waals surface area contributed by atoms with Crippen LogP contribution >= 0.6 is 27.3 Å². The monoisotopic (exact) mass is 646 g/mol. The number of ether oxygens (including phenoxy) is 2. The fourth-order valence-corrected chi connectivity index (χ4v) is 5.58. The minimum absolute atomic E-state index is 0.335. The van der Waals surface area contributed by atoms with Crippen LogP contribution in [-0.4, -0.2) is 4.98 Å². The Balaban J connectivity index is 1.29. The highest BCUT2D eigenvalue weighted by Crippen LogP contribution is 2.33. The van der Waals surface area contributed by atoms with E-state index in [0.29, 0.717) is 52.1 Å². The van der Waals surface area contributed by atoms with Crippen molar-refractivity contribution in [2.24, 2.45) is 0 Å². The van der Waals surface area contributed by atoms with Crippen molar-refractivity contribution in [2.75, 3.05) is 0 Å². The summed E-state index contributed by atoms with van der Waals surface area (Å²) in [4.78, 5) is 17.3. The average molecular weight is 648 g/mol. The molecule has 0 aliphatic carbocycles. The number of fused-ring (bicyclic) bond motifs is 1. The Labute approximate surface area is 260 Å². The van der Waals surface area contributed by atoms with Crippen LogP contribution in [0.2, 0.25) is 0 Å². The molecular weight excluding hydrogens is 624 g/mol. The van der Waals surface area contributed by atoms with Gasteiger partial charge >= 0.3 is 5.63 Å². The summed E-state index contributed by atoms with van der Waals surface area (Å²) in [5.41, 5.74) is 3.97. The Morgan fingerprint density at radius 1 is 0.884 bits per heavy atom. The standard InChI is InChI=1S/C35H23BrN2O4S/c36-28-12-14-31-26(17-28)18-29(35(39)42-31)30-22-43-34(38-30)27(19-37)15-25-11-13-32(40-20-23-7-3-1-4-8-23)33(16-25)41-21-24-9-5-2-6-10-24/h1-18,22H,20-21H2. The Bertz CT molecular complexity index is 2030. The summed E-state index contributed by atoms with van der Waals surface area (Å²) in [5, 5.41) is 13.1. The maximum absolute atomic E-state index is 12.7. The Hall–Kier alpha value is -4.97. The number of thiazole rings is 1. The molecule has 6 aromatic rings. The lowest BCUT2D eigenvalue weighted by Gasteiger charge is -2.14. The van der Waals surface area contributed by atoms with E-state index in [1.807, 2.05) is 91.0 Å². The topological polar surface area (TPSA) is 85.3 Å². The summed E-state index contributed by atoms with van der Waals surface area (Å²) in [6.45, 7) is 0.754. The Morgan fingerprint density at radius 2 is 1.58 bits per heavy atom. The maximum Gasteiger partial charge on any atom is 0.345 e. The van der Waals surface area contributed by atoms with Crippen molar-refractivity contribution in [1.29, 1.82) is 5.26 Å². The highest BCUT2D eigenvalue weighted by Gasteiger charge is 2.15. The van der Waals surface area contributed by atoms with E-state index in [0.717, 1.165) is 26.5 Å². The van der Waals surface area contributed by atoms with Crippen molar-refractivity contribution in [3.63, 3.8) is 0 Å². The largest absolute Gasteiger partial charge is 0.485 e. The quantitative estimate of drug-likeness (QED) is 0.115. The summed E-state index contributed by atoms with van der Waals surface area (Å²) < 4.78 is 18.7. The molecule has 0 atom stereocenters. The second-order valence-corrected chi connectivity index (χ2v) is 11.4. The number of hydrogen-bond acceptors (Lipinski definition) is 7. The number of hydrogen-bond donors (Lipinski definition) is 0. The molecule has 2 aromatic heterocycles. The van der Waals surface area contributed by atoms with Gasteiger partial charge < -0.3 is 13.9 Å². The lowest BCUT2D eigenvalue weighted by molar-refractivity contribution is 0.256. The molecule has 0 aliphatic heterocycles. The number of nitrogens with zero attached hydrogens (tertiary/aromatic N) is 2. The molecule has 0 saturated carbocycles. The lowest BCUT2D eigenvalue weighted by Crippen LogP contribution is -2.03. The van der Waals surface area contributed by atoms with Gasteiger partial charge in [0.05, 0.1) is 16.8 Å². The second-order valence-electron chi connectivity index (χ2n) is 9.59. The van der Waals surface area contributed by atoms with Crippen LogP contribution < -0.4 is 15.1 Å². The first-order valence-electron chi connectivity index (χ1n) is 13.3. The van der Waals surface area contributed by atoms with E-state index in [-0.39, 0.29) is 0 Å². The molecule has 0 unspecified atom stereocenters. The van der Waals surface area contributed by atoms with E-state index < -0.39 is 5.63 Å². The van der Waals surface area contributed by atoms with Crippen molar-refractivity contribution in [2.45, 2.75) is 13.2 Å². The van der Waals surface area contributed by atoms with Gasteiger partial charge in [-0.1, -0.05) is 82.7 Å². The molecule has 0 saturated heterocycles. The summed E-state index contributed by atoms with van der Waals surface area (Å²) in [6, 6.07) is 34.8. The Morgan fingerprint density at radius 3 is 2.28 bits per heavy atom. The fourth-order valence-electron chi connectivity index (χ4n) is 4.42. The average Bonchev–Trinajstić information content (AvgIpc) is 3.53. The zero-order valence-electron chi connectivity index (χ0n) is 22.7. The molecule has 0 bridgehead atoms. The molecule has 0 radical (unpaired) electrons. The first kappa shape index (κ1) is 28.2. The van der Waals surface area contributed by atoms with Gasteiger partial charge in [-0.15, -0.1) is 11.3 Å². The first-order chi connectivity index (χ1) is 21.1. The molecule has 4 aromatic carbocycles. The predicted molar refractivity (Wildman–Crippen MR) is 173 cm³/mol. The van der Waals surface area contributed by atoms with Crippen LogP contribution in [0.3, 0.4) is 0 Å². The van der Waals surface area contributed by atoms with Crippen LogP contribution in [0.5, 0.6) is 11.5 Å². The van der Waals surface area contributed by atoms with E-state index >= 15 is 0 Å². The van der Waals surface area contributed by atoms with Gasteiger partial charge in [0.1, 0.15) is 29.9 Å². The van der Waals surface area contributed by atoms with Crippen molar-refractivity contribution in [3.8, 4) is 28.8 Å². The molecule has 6 nitrogen and oxygen atoms in total. The zero-order chi connectivity index (χ0) is 29.6. The van der Waals surface area contributed by atoms with Crippen molar-refractivity contribution < 1.29 is 13.9 Å².